The normalized spacial score (nSPS) is 21.3. The quantitative estimate of drug-likeness (QED) is 0.0513. The van der Waals surface area contributed by atoms with Gasteiger partial charge >= 0.3 is 36.6 Å². The van der Waals surface area contributed by atoms with Crippen molar-refractivity contribution < 1.29 is 124 Å². The van der Waals surface area contributed by atoms with Crippen LogP contribution in [-0.2, 0) is 104 Å². The van der Waals surface area contributed by atoms with Gasteiger partial charge in [0.05, 0.1) is 52.9 Å². The van der Waals surface area contributed by atoms with Crippen molar-refractivity contribution in [2.75, 3.05) is 132 Å². The zero-order valence-corrected chi connectivity index (χ0v) is 53.3. The van der Waals surface area contributed by atoms with E-state index in [1.165, 1.54) is 13.8 Å². The van der Waals surface area contributed by atoms with E-state index in [1.54, 1.807) is 38.2 Å². The summed E-state index contributed by atoms with van der Waals surface area (Å²) in [4.78, 5) is 75.4. The first kappa shape index (κ1) is 77.3. The molecule has 0 N–H and O–H groups in total. The van der Waals surface area contributed by atoms with Crippen LogP contribution < -0.4 is 0 Å². The summed E-state index contributed by atoms with van der Waals surface area (Å²) in [6, 6.07) is 0. The van der Waals surface area contributed by atoms with Crippen LogP contribution in [0.1, 0.15) is 53.4 Å². The highest BCUT2D eigenvalue weighted by atomic mass is 16.8. The van der Waals surface area contributed by atoms with Gasteiger partial charge < -0.3 is 94.7 Å². The summed E-state index contributed by atoms with van der Waals surface area (Å²) in [6.45, 7) is 42.4. The minimum Gasteiger partial charge on any atom is -0.490 e. The number of carbonyl (C=O) groups excluding carboxylic acids is 6. The number of ether oxygens (including phenoxy) is 20. The minimum absolute atomic E-state index is 0.0116. The molecule has 2 aliphatic carbocycles. The van der Waals surface area contributed by atoms with E-state index in [4.69, 9.17) is 94.7 Å². The molecule has 4 aliphatic heterocycles. The largest absolute Gasteiger partial charge is 0.508 e. The number of carbonyl (C=O) groups is 6. The lowest BCUT2D eigenvalue weighted by Gasteiger charge is -2.23. The van der Waals surface area contributed by atoms with E-state index in [9.17, 15) is 28.8 Å². The first-order valence-corrected chi connectivity index (χ1v) is 29.2. The van der Waals surface area contributed by atoms with E-state index in [-0.39, 0.29) is 153 Å². The standard InChI is InChI=1S/C66H88O26/c1-43(2)47(9)81-35-57-37-83-49(11)53-15-17-54(18-16-53)50(12)84-38-58(36-82-48(10)44(3)4)90-64(70)78-32-28-74-24-26-76-30-34-80-66(72)92-60(42-88-62(68)46(7)8)40-86-52(14)56-21-19-55(20-22-56)51(13)85-39-59(41-87-61(67)45(5)6)91-65(71)79-33-29-75-25-23-73-27-31-77-63(69)89-57/h15,17,19,21,57-60H,1,3,5,7,9-14,16,18,20,22-42H2,2,4,6,8H3. The van der Waals surface area contributed by atoms with E-state index in [0.29, 0.717) is 59.5 Å². The van der Waals surface area contributed by atoms with Gasteiger partial charge in [-0.3, -0.25) is 0 Å². The van der Waals surface area contributed by atoms with Crippen LogP contribution in [0.4, 0.5) is 19.2 Å². The molecule has 6 aliphatic rings. The third-order valence-corrected chi connectivity index (χ3v) is 12.4. The summed E-state index contributed by atoms with van der Waals surface area (Å²) in [5.74, 6) is 0.219. The highest BCUT2D eigenvalue weighted by molar-refractivity contribution is 5.87. The van der Waals surface area contributed by atoms with Gasteiger partial charge in [0.1, 0.15) is 114 Å². The Hall–Kier alpha value is -8.98. The lowest BCUT2D eigenvalue weighted by molar-refractivity contribution is -0.144. The van der Waals surface area contributed by atoms with Gasteiger partial charge in [-0.15, -0.1) is 0 Å². The van der Waals surface area contributed by atoms with Crippen molar-refractivity contribution in [3.8, 4) is 0 Å². The lowest BCUT2D eigenvalue weighted by atomic mass is 9.96. The molecule has 26 nitrogen and oxygen atoms in total. The Balaban J connectivity index is 1.68. The SMILES string of the molecule is C=C(C)C(=C)OCC1COC(=C)C2=CC=C(CC2)C(=C)OCC(COC(=C)C(=C)C)OC(=O)OCCOCCOCCOC(=O)OC(COC(=O)C(=C)C)COC(=C)C2=CC=C(CC2)C(=C)OCC(COC(=O)C(=C)C)OC(=O)OCCOCCOCCOC(=O)O1. The van der Waals surface area contributed by atoms with Gasteiger partial charge in [-0.1, -0.05) is 90.1 Å². The summed E-state index contributed by atoms with van der Waals surface area (Å²) in [5.41, 5.74) is 4.21. The average Bonchev–Trinajstić information content (AvgIpc) is 2.70. The van der Waals surface area contributed by atoms with Gasteiger partial charge in [-0.2, -0.15) is 0 Å². The molecular formula is C66H88O26. The second-order valence-electron chi connectivity index (χ2n) is 20.3. The van der Waals surface area contributed by atoms with Gasteiger partial charge in [0.25, 0.3) is 0 Å². The van der Waals surface area contributed by atoms with Crippen LogP contribution in [0.2, 0.25) is 0 Å². The monoisotopic (exact) mass is 1300 g/mol. The van der Waals surface area contributed by atoms with Crippen molar-refractivity contribution >= 4 is 36.6 Å². The molecule has 0 aromatic heterocycles. The second kappa shape index (κ2) is 43.7. The van der Waals surface area contributed by atoms with E-state index < -0.39 is 74.2 Å². The Morgan fingerprint density at radius 3 is 0.772 bits per heavy atom. The first-order valence-electron chi connectivity index (χ1n) is 29.2. The summed E-state index contributed by atoms with van der Waals surface area (Å²) in [7, 11) is 0. The smallest absolute Gasteiger partial charge is 0.490 e. The van der Waals surface area contributed by atoms with E-state index in [2.05, 4.69) is 65.8 Å². The Bertz CT molecular complexity index is 2390. The number of allylic oxidation sites excluding steroid dienone is 10. The maximum absolute atomic E-state index is 12.8. The highest BCUT2D eigenvalue weighted by Crippen LogP contribution is 2.30. The fraction of sp³-hybridized carbons (Fsp3) is 0.485. The molecule has 1 saturated heterocycles. The summed E-state index contributed by atoms with van der Waals surface area (Å²) in [6.07, 6.45) is 0.406. The van der Waals surface area contributed by atoms with Crippen molar-refractivity contribution in [1.82, 2.24) is 0 Å². The average molecular weight is 1300 g/mol. The Morgan fingerprint density at radius 2 is 0.565 bits per heavy atom. The number of hydrogen-bond donors (Lipinski definition) is 0. The number of rotatable bonds is 14. The number of hydrogen-bond acceptors (Lipinski definition) is 26. The zero-order valence-electron chi connectivity index (χ0n) is 53.3. The van der Waals surface area contributed by atoms with Gasteiger partial charge in [-0.05, 0) is 86.8 Å². The van der Waals surface area contributed by atoms with E-state index >= 15 is 0 Å². The molecule has 0 amide bonds. The van der Waals surface area contributed by atoms with Gasteiger partial charge in [0.15, 0.2) is 24.4 Å². The Kier molecular flexibility index (Phi) is 36.7. The third kappa shape index (κ3) is 33.2. The predicted molar refractivity (Wildman–Crippen MR) is 331 cm³/mol. The fourth-order valence-electron chi connectivity index (χ4n) is 7.09. The molecule has 508 valence electrons. The van der Waals surface area contributed by atoms with Crippen LogP contribution >= 0.6 is 0 Å². The van der Waals surface area contributed by atoms with Crippen molar-refractivity contribution in [2.45, 2.75) is 77.8 Å². The fourth-order valence-corrected chi connectivity index (χ4v) is 7.09. The first-order chi connectivity index (χ1) is 43.9. The summed E-state index contributed by atoms with van der Waals surface area (Å²) in [5, 5.41) is 0. The zero-order chi connectivity index (χ0) is 67.8. The molecule has 0 saturated carbocycles. The Morgan fingerprint density at radius 1 is 0.348 bits per heavy atom. The maximum Gasteiger partial charge on any atom is 0.508 e. The molecule has 4 bridgehead atoms. The van der Waals surface area contributed by atoms with E-state index in [0.717, 1.165) is 11.1 Å². The van der Waals surface area contributed by atoms with Crippen LogP contribution in [0.3, 0.4) is 0 Å². The van der Waals surface area contributed by atoms with Crippen LogP contribution in [0, 0.1) is 0 Å². The van der Waals surface area contributed by atoms with Gasteiger partial charge in [0, 0.05) is 11.1 Å². The van der Waals surface area contributed by atoms with Crippen LogP contribution in [-0.4, -0.2) is 193 Å². The van der Waals surface area contributed by atoms with Crippen molar-refractivity contribution in [1.29, 1.82) is 0 Å². The molecule has 4 heterocycles. The minimum atomic E-state index is -1.12. The van der Waals surface area contributed by atoms with Crippen LogP contribution in [0.5, 0.6) is 0 Å². The topological polar surface area (TPSA) is 287 Å². The van der Waals surface area contributed by atoms with Gasteiger partial charge in [0.2, 0.25) is 0 Å². The molecule has 4 unspecified atom stereocenters. The maximum atomic E-state index is 12.8. The van der Waals surface area contributed by atoms with Gasteiger partial charge in [-0.25, -0.2) is 28.8 Å². The molecule has 0 aromatic rings. The predicted octanol–water partition coefficient (Wildman–Crippen LogP) is 10.0. The lowest BCUT2D eigenvalue weighted by Crippen LogP contribution is -2.31. The molecule has 92 heavy (non-hydrogen) atoms. The van der Waals surface area contributed by atoms with Crippen LogP contribution in [0.25, 0.3) is 0 Å². The molecule has 6 rings (SSSR count). The second-order valence-corrected chi connectivity index (χ2v) is 20.3. The van der Waals surface area contributed by atoms with Crippen molar-refractivity contribution in [3.63, 3.8) is 0 Å². The molecule has 0 radical (unpaired) electrons. The molecule has 26 heteroatoms. The molecular weight excluding hydrogens is 1210 g/mol. The summed E-state index contributed by atoms with van der Waals surface area (Å²) >= 11 is 0. The molecule has 4 atom stereocenters. The molecule has 1 fully saturated rings. The third-order valence-electron chi connectivity index (χ3n) is 12.4. The highest BCUT2D eigenvalue weighted by Gasteiger charge is 2.26. The summed E-state index contributed by atoms with van der Waals surface area (Å²) < 4.78 is 110. The van der Waals surface area contributed by atoms with Crippen molar-refractivity contribution in [3.05, 3.63) is 169 Å². The van der Waals surface area contributed by atoms with Crippen molar-refractivity contribution in [2.24, 2.45) is 0 Å². The van der Waals surface area contributed by atoms with Crippen LogP contribution in [0.15, 0.2) is 169 Å². The number of esters is 2. The molecule has 0 aromatic carbocycles. The Labute approximate surface area is 537 Å². The van der Waals surface area contributed by atoms with E-state index in [1.807, 2.05) is 0 Å². The molecule has 0 spiro atoms.